The summed E-state index contributed by atoms with van der Waals surface area (Å²) in [6.07, 6.45) is 1.02. The third kappa shape index (κ3) is 1.10. The first-order chi connectivity index (χ1) is 5.27. The summed E-state index contributed by atoms with van der Waals surface area (Å²) in [7, 11) is 0. The quantitative estimate of drug-likeness (QED) is 0.579. The predicted molar refractivity (Wildman–Crippen MR) is 45.4 cm³/mol. The first-order valence-electron chi connectivity index (χ1n) is 3.69. The zero-order valence-corrected chi connectivity index (χ0v) is 7.11. The molecule has 0 bridgehead atoms. The molecule has 0 atom stereocenters. The van der Waals surface area contributed by atoms with Gasteiger partial charge in [-0.05, 0) is 24.1 Å². The lowest BCUT2D eigenvalue weighted by Gasteiger charge is -2.01. The van der Waals surface area contributed by atoms with Crippen LogP contribution in [0.3, 0.4) is 0 Å². The Morgan fingerprint density at radius 2 is 2.27 bits per heavy atom. The first-order valence-corrected chi connectivity index (χ1v) is 4.07. The molecule has 1 aliphatic heterocycles. The molecule has 0 saturated heterocycles. The standard InChI is InChI=1S/C9H9ClO/c1-6-4-7-2-3-11-9(7)5-8(6)10/h4-5H,2-3H2,1H3. The summed E-state index contributed by atoms with van der Waals surface area (Å²) in [4.78, 5) is 0. The maximum absolute atomic E-state index is 5.91. The Hall–Kier alpha value is -0.690. The number of aryl methyl sites for hydroxylation is 1. The van der Waals surface area contributed by atoms with Crippen molar-refractivity contribution >= 4 is 11.6 Å². The lowest BCUT2D eigenvalue weighted by molar-refractivity contribution is 0.357. The molecule has 58 valence electrons. The van der Waals surface area contributed by atoms with Gasteiger partial charge in [0, 0.05) is 11.4 Å². The van der Waals surface area contributed by atoms with Crippen molar-refractivity contribution < 1.29 is 4.74 Å². The van der Waals surface area contributed by atoms with Crippen LogP contribution in [0.5, 0.6) is 5.75 Å². The number of hydrogen-bond acceptors (Lipinski definition) is 1. The van der Waals surface area contributed by atoms with Crippen molar-refractivity contribution in [3.05, 3.63) is 28.3 Å². The molecule has 0 amide bonds. The molecule has 1 aromatic rings. The summed E-state index contributed by atoms with van der Waals surface area (Å²) in [5.74, 6) is 0.959. The third-order valence-electron chi connectivity index (χ3n) is 1.97. The van der Waals surface area contributed by atoms with Gasteiger partial charge in [0.1, 0.15) is 5.75 Å². The molecular weight excluding hydrogens is 160 g/mol. The van der Waals surface area contributed by atoms with E-state index < -0.39 is 0 Å². The first kappa shape index (κ1) is 6.99. The molecule has 1 nitrogen and oxygen atoms in total. The number of ether oxygens (including phenoxy) is 1. The highest BCUT2D eigenvalue weighted by Crippen LogP contribution is 2.30. The van der Waals surface area contributed by atoms with Gasteiger partial charge in [0.05, 0.1) is 6.61 Å². The summed E-state index contributed by atoms with van der Waals surface area (Å²) in [5.41, 5.74) is 2.42. The van der Waals surface area contributed by atoms with E-state index in [4.69, 9.17) is 16.3 Å². The predicted octanol–water partition coefficient (Wildman–Crippen LogP) is 2.58. The van der Waals surface area contributed by atoms with E-state index in [9.17, 15) is 0 Å². The lowest BCUT2D eigenvalue weighted by atomic mass is 10.1. The molecule has 0 unspecified atom stereocenters. The topological polar surface area (TPSA) is 9.23 Å². The molecule has 0 saturated carbocycles. The van der Waals surface area contributed by atoms with Crippen LogP contribution in [-0.2, 0) is 6.42 Å². The zero-order valence-electron chi connectivity index (χ0n) is 6.36. The van der Waals surface area contributed by atoms with E-state index in [0.717, 1.165) is 29.4 Å². The fourth-order valence-electron chi connectivity index (χ4n) is 1.32. The maximum atomic E-state index is 5.91. The van der Waals surface area contributed by atoms with Crippen molar-refractivity contribution in [3.63, 3.8) is 0 Å². The minimum absolute atomic E-state index is 0.797. The monoisotopic (exact) mass is 168 g/mol. The van der Waals surface area contributed by atoms with Gasteiger partial charge >= 0.3 is 0 Å². The summed E-state index contributed by atoms with van der Waals surface area (Å²) in [5, 5.41) is 0.797. The molecule has 11 heavy (non-hydrogen) atoms. The van der Waals surface area contributed by atoms with E-state index in [2.05, 4.69) is 6.07 Å². The van der Waals surface area contributed by atoms with Crippen molar-refractivity contribution in [1.82, 2.24) is 0 Å². The van der Waals surface area contributed by atoms with Gasteiger partial charge in [-0.25, -0.2) is 0 Å². The van der Waals surface area contributed by atoms with Crippen LogP contribution < -0.4 is 4.74 Å². The van der Waals surface area contributed by atoms with Crippen LogP contribution in [0.1, 0.15) is 11.1 Å². The van der Waals surface area contributed by atoms with Gasteiger partial charge in [-0.1, -0.05) is 17.7 Å². The van der Waals surface area contributed by atoms with Crippen molar-refractivity contribution in [2.45, 2.75) is 13.3 Å². The largest absolute Gasteiger partial charge is 0.493 e. The van der Waals surface area contributed by atoms with E-state index in [-0.39, 0.29) is 0 Å². The van der Waals surface area contributed by atoms with Gasteiger partial charge < -0.3 is 4.74 Å². The lowest BCUT2D eigenvalue weighted by Crippen LogP contribution is -1.85. The molecule has 1 aliphatic rings. The SMILES string of the molecule is Cc1cc2c(cc1Cl)OCC2. The Morgan fingerprint density at radius 3 is 3.09 bits per heavy atom. The Morgan fingerprint density at radius 1 is 1.45 bits per heavy atom. The van der Waals surface area contributed by atoms with Gasteiger partial charge in [0.25, 0.3) is 0 Å². The Balaban J connectivity index is 2.57. The van der Waals surface area contributed by atoms with Crippen molar-refractivity contribution in [2.24, 2.45) is 0 Å². The summed E-state index contributed by atoms with van der Waals surface area (Å²) in [6.45, 7) is 2.82. The Labute approximate surface area is 70.9 Å². The van der Waals surface area contributed by atoms with Gasteiger partial charge in [-0.2, -0.15) is 0 Å². The van der Waals surface area contributed by atoms with E-state index >= 15 is 0 Å². The number of rotatable bonds is 0. The maximum Gasteiger partial charge on any atom is 0.124 e. The molecule has 0 fully saturated rings. The summed E-state index contributed by atoms with van der Waals surface area (Å²) < 4.78 is 5.35. The molecule has 1 aromatic carbocycles. The van der Waals surface area contributed by atoms with Crippen LogP contribution in [0.2, 0.25) is 5.02 Å². The fraction of sp³-hybridized carbons (Fsp3) is 0.333. The van der Waals surface area contributed by atoms with E-state index in [0.29, 0.717) is 0 Å². The number of hydrogen-bond donors (Lipinski definition) is 0. The molecule has 1 heterocycles. The van der Waals surface area contributed by atoms with Gasteiger partial charge in [0.15, 0.2) is 0 Å². The van der Waals surface area contributed by atoms with Crippen molar-refractivity contribution in [2.75, 3.05) is 6.61 Å². The molecule has 0 radical (unpaired) electrons. The summed E-state index contributed by atoms with van der Waals surface area (Å²) >= 11 is 5.91. The minimum Gasteiger partial charge on any atom is -0.493 e. The van der Waals surface area contributed by atoms with Crippen molar-refractivity contribution in [3.8, 4) is 5.75 Å². The van der Waals surface area contributed by atoms with E-state index in [1.165, 1.54) is 5.56 Å². The second kappa shape index (κ2) is 2.42. The molecule has 2 rings (SSSR count). The van der Waals surface area contributed by atoms with E-state index in [1.54, 1.807) is 0 Å². The van der Waals surface area contributed by atoms with Crippen LogP contribution in [0.25, 0.3) is 0 Å². The third-order valence-corrected chi connectivity index (χ3v) is 2.38. The molecule has 2 heteroatoms. The highest BCUT2D eigenvalue weighted by molar-refractivity contribution is 6.31. The second-order valence-corrected chi connectivity index (χ2v) is 3.21. The molecule has 0 aromatic heterocycles. The molecular formula is C9H9ClO. The highest BCUT2D eigenvalue weighted by Gasteiger charge is 2.12. The van der Waals surface area contributed by atoms with Crippen molar-refractivity contribution in [1.29, 1.82) is 0 Å². The molecule has 0 spiro atoms. The van der Waals surface area contributed by atoms with Crippen LogP contribution >= 0.6 is 11.6 Å². The molecule has 0 aliphatic carbocycles. The van der Waals surface area contributed by atoms with E-state index in [1.807, 2.05) is 13.0 Å². The van der Waals surface area contributed by atoms with Gasteiger partial charge in [0.2, 0.25) is 0 Å². The fourth-order valence-corrected chi connectivity index (χ4v) is 1.48. The normalized spacial score (nSPS) is 14.4. The number of halogens is 1. The number of fused-ring (bicyclic) bond motifs is 1. The highest BCUT2D eigenvalue weighted by atomic mass is 35.5. The van der Waals surface area contributed by atoms with Crippen LogP contribution in [0.15, 0.2) is 12.1 Å². The Kier molecular flexibility index (Phi) is 1.53. The van der Waals surface area contributed by atoms with Crippen LogP contribution in [0.4, 0.5) is 0 Å². The van der Waals surface area contributed by atoms with Crippen LogP contribution in [-0.4, -0.2) is 6.61 Å². The van der Waals surface area contributed by atoms with Crippen LogP contribution in [0, 0.1) is 6.92 Å². The average molecular weight is 169 g/mol. The second-order valence-electron chi connectivity index (χ2n) is 2.81. The zero-order chi connectivity index (χ0) is 7.84. The van der Waals surface area contributed by atoms with Gasteiger partial charge in [-0.15, -0.1) is 0 Å². The molecule has 0 N–H and O–H groups in total. The number of benzene rings is 1. The Bertz CT molecular complexity index is 265. The minimum atomic E-state index is 0.797. The smallest absolute Gasteiger partial charge is 0.124 e. The average Bonchev–Trinajstić information content (AvgIpc) is 2.36. The van der Waals surface area contributed by atoms with Gasteiger partial charge in [-0.3, -0.25) is 0 Å². The summed E-state index contributed by atoms with van der Waals surface area (Å²) in [6, 6.07) is 4.00.